The summed E-state index contributed by atoms with van der Waals surface area (Å²) >= 11 is 0. The Morgan fingerprint density at radius 1 is 1.17 bits per heavy atom. The van der Waals surface area contributed by atoms with Crippen LogP contribution in [0.4, 0.5) is 0 Å². The number of guanidine groups is 1. The van der Waals surface area contributed by atoms with Gasteiger partial charge in [-0.3, -0.25) is 9.89 Å². The Labute approximate surface area is 173 Å². The lowest BCUT2D eigenvalue weighted by Crippen LogP contribution is -2.48. The molecule has 1 saturated heterocycles. The highest BCUT2D eigenvalue weighted by Crippen LogP contribution is 2.34. The first-order valence-electron chi connectivity index (χ1n) is 10.5. The molecule has 2 N–H and O–H groups in total. The smallest absolute Gasteiger partial charge is 0.231 e. The molecule has 1 fully saturated rings. The lowest BCUT2D eigenvalue weighted by atomic mass is 10.0. The zero-order valence-electron chi connectivity index (χ0n) is 17.8. The van der Waals surface area contributed by atoms with Crippen molar-refractivity contribution in [1.82, 2.24) is 15.5 Å². The second-order valence-electron chi connectivity index (χ2n) is 7.47. The van der Waals surface area contributed by atoms with Gasteiger partial charge in [-0.15, -0.1) is 0 Å². The monoisotopic (exact) mass is 406 g/mol. The van der Waals surface area contributed by atoms with Crippen LogP contribution in [-0.4, -0.2) is 76.2 Å². The summed E-state index contributed by atoms with van der Waals surface area (Å²) in [5, 5.41) is 6.67. The van der Waals surface area contributed by atoms with E-state index in [2.05, 4.69) is 36.3 Å². The van der Waals surface area contributed by atoms with Crippen LogP contribution in [0, 0.1) is 5.92 Å². The van der Waals surface area contributed by atoms with Crippen molar-refractivity contribution in [2.45, 2.75) is 26.8 Å². The predicted octanol–water partition coefficient (Wildman–Crippen LogP) is 1.71. The topological polar surface area (TPSA) is 76.6 Å². The van der Waals surface area contributed by atoms with Crippen LogP contribution < -0.4 is 24.8 Å². The fourth-order valence-electron chi connectivity index (χ4n) is 3.49. The van der Waals surface area contributed by atoms with Crippen molar-refractivity contribution in [3.8, 4) is 17.2 Å². The molecule has 0 spiro atoms. The summed E-state index contributed by atoms with van der Waals surface area (Å²) in [5.74, 6) is 3.62. The van der Waals surface area contributed by atoms with Crippen LogP contribution in [0.5, 0.6) is 17.2 Å². The molecule has 1 aromatic carbocycles. The fourth-order valence-corrected chi connectivity index (χ4v) is 3.49. The van der Waals surface area contributed by atoms with Gasteiger partial charge in [-0.25, -0.2) is 0 Å². The number of ether oxygens (including phenoxy) is 4. The second kappa shape index (κ2) is 11.1. The molecule has 1 aromatic rings. The van der Waals surface area contributed by atoms with Gasteiger partial charge in [0.25, 0.3) is 0 Å². The summed E-state index contributed by atoms with van der Waals surface area (Å²) in [6.45, 7) is 13.2. The van der Waals surface area contributed by atoms with Gasteiger partial charge in [-0.05, 0) is 25.0 Å². The normalized spacial score (nSPS) is 18.0. The maximum Gasteiger partial charge on any atom is 0.231 e. The zero-order chi connectivity index (χ0) is 20.5. The lowest BCUT2D eigenvalue weighted by Gasteiger charge is -2.36. The molecule has 162 valence electrons. The SMILES string of the molecule is CCNC(=NCC(C(C)C)N1CCOCC1)NCCOc1ccc2c(c1)OCO2. The van der Waals surface area contributed by atoms with Crippen LogP contribution in [0.3, 0.4) is 0 Å². The summed E-state index contributed by atoms with van der Waals surface area (Å²) < 4.78 is 22.0. The van der Waals surface area contributed by atoms with Crippen molar-refractivity contribution in [2.24, 2.45) is 10.9 Å². The number of fused-ring (bicyclic) bond motifs is 1. The number of nitrogens with one attached hydrogen (secondary N) is 2. The maximum absolute atomic E-state index is 5.82. The average Bonchev–Trinajstić information content (AvgIpc) is 3.19. The van der Waals surface area contributed by atoms with Crippen LogP contribution in [0.2, 0.25) is 0 Å². The summed E-state index contributed by atoms with van der Waals surface area (Å²) in [6.07, 6.45) is 0. The molecule has 0 saturated carbocycles. The Morgan fingerprint density at radius 3 is 2.72 bits per heavy atom. The van der Waals surface area contributed by atoms with Gasteiger partial charge in [0.15, 0.2) is 17.5 Å². The van der Waals surface area contributed by atoms with Gasteiger partial charge in [0.05, 0.1) is 26.3 Å². The molecular weight excluding hydrogens is 372 g/mol. The molecule has 0 amide bonds. The number of hydrogen-bond acceptors (Lipinski definition) is 6. The van der Waals surface area contributed by atoms with Crippen molar-refractivity contribution in [2.75, 3.05) is 59.3 Å². The second-order valence-corrected chi connectivity index (χ2v) is 7.47. The number of benzene rings is 1. The number of morpholine rings is 1. The van der Waals surface area contributed by atoms with Crippen LogP contribution in [0.25, 0.3) is 0 Å². The predicted molar refractivity (Wildman–Crippen MR) is 113 cm³/mol. The van der Waals surface area contributed by atoms with Gasteiger partial charge in [0.2, 0.25) is 6.79 Å². The molecular formula is C21H34N4O4. The van der Waals surface area contributed by atoms with Crippen molar-refractivity contribution >= 4 is 5.96 Å². The highest BCUT2D eigenvalue weighted by atomic mass is 16.7. The van der Waals surface area contributed by atoms with Crippen LogP contribution >= 0.6 is 0 Å². The lowest BCUT2D eigenvalue weighted by molar-refractivity contribution is 0.00867. The summed E-state index contributed by atoms with van der Waals surface area (Å²) in [7, 11) is 0. The highest BCUT2D eigenvalue weighted by Gasteiger charge is 2.23. The molecule has 0 bridgehead atoms. The molecule has 8 nitrogen and oxygen atoms in total. The summed E-state index contributed by atoms with van der Waals surface area (Å²) in [6, 6.07) is 6.03. The molecule has 3 rings (SSSR count). The Kier molecular flexibility index (Phi) is 8.25. The van der Waals surface area contributed by atoms with E-state index in [0.717, 1.165) is 62.6 Å². The zero-order valence-corrected chi connectivity index (χ0v) is 17.8. The van der Waals surface area contributed by atoms with Gasteiger partial charge < -0.3 is 29.6 Å². The minimum absolute atomic E-state index is 0.269. The van der Waals surface area contributed by atoms with Crippen LogP contribution in [-0.2, 0) is 4.74 Å². The third-order valence-corrected chi connectivity index (χ3v) is 5.07. The van der Waals surface area contributed by atoms with Crippen molar-refractivity contribution < 1.29 is 18.9 Å². The van der Waals surface area contributed by atoms with E-state index in [1.165, 1.54) is 0 Å². The summed E-state index contributed by atoms with van der Waals surface area (Å²) in [4.78, 5) is 7.31. The quantitative estimate of drug-likeness (QED) is 0.367. The van der Waals surface area contributed by atoms with E-state index in [9.17, 15) is 0 Å². The number of rotatable bonds is 9. The van der Waals surface area contributed by atoms with Gasteiger partial charge in [0.1, 0.15) is 12.4 Å². The Bertz CT molecular complexity index is 662. The standard InChI is InChI=1S/C21H34N4O4/c1-4-22-21(24-14-18(16(2)3)25-8-11-26-12-9-25)23-7-10-27-17-5-6-19-20(13-17)29-15-28-19/h5-6,13,16,18H,4,7-12,14-15H2,1-3H3,(H2,22,23,24). The third kappa shape index (κ3) is 6.40. The van der Waals surface area contributed by atoms with Crippen molar-refractivity contribution in [3.05, 3.63) is 18.2 Å². The van der Waals surface area contributed by atoms with Crippen molar-refractivity contribution in [3.63, 3.8) is 0 Å². The van der Waals surface area contributed by atoms with Crippen LogP contribution in [0.15, 0.2) is 23.2 Å². The van der Waals surface area contributed by atoms with Gasteiger partial charge in [-0.1, -0.05) is 13.8 Å². The van der Waals surface area contributed by atoms with E-state index in [1.807, 2.05) is 18.2 Å². The Hall–Kier alpha value is -2.19. The molecule has 2 heterocycles. The van der Waals surface area contributed by atoms with E-state index >= 15 is 0 Å². The maximum atomic E-state index is 5.82. The fraction of sp³-hybridized carbons (Fsp3) is 0.667. The number of aliphatic imine (C=N–C) groups is 1. The molecule has 2 aliphatic rings. The Morgan fingerprint density at radius 2 is 1.97 bits per heavy atom. The molecule has 0 aliphatic carbocycles. The first-order chi connectivity index (χ1) is 14.2. The van der Waals surface area contributed by atoms with E-state index in [0.29, 0.717) is 25.1 Å². The molecule has 0 aromatic heterocycles. The minimum atomic E-state index is 0.269. The van der Waals surface area contributed by atoms with Crippen LogP contribution in [0.1, 0.15) is 20.8 Å². The van der Waals surface area contributed by atoms with E-state index in [1.54, 1.807) is 0 Å². The van der Waals surface area contributed by atoms with Gasteiger partial charge >= 0.3 is 0 Å². The Balaban J connectivity index is 1.46. The summed E-state index contributed by atoms with van der Waals surface area (Å²) in [5.41, 5.74) is 0. The average molecular weight is 407 g/mol. The van der Waals surface area contributed by atoms with E-state index in [-0.39, 0.29) is 6.79 Å². The number of hydrogen-bond donors (Lipinski definition) is 2. The molecule has 2 aliphatic heterocycles. The third-order valence-electron chi connectivity index (χ3n) is 5.07. The first-order valence-corrected chi connectivity index (χ1v) is 10.5. The van der Waals surface area contributed by atoms with Gasteiger partial charge in [0, 0.05) is 31.7 Å². The van der Waals surface area contributed by atoms with Gasteiger partial charge in [-0.2, -0.15) is 0 Å². The molecule has 8 heteroatoms. The molecule has 1 atom stereocenters. The molecule has 1 unspecified atom stereocenters. The minimum Gasteiger partial charge on any atom is -0.492 e. The highest BCUT2D eigenvalue weighted by molar-refractivity contribution is 5.79. The van der Waals surface area contributed by atoms with Crippen molar-refractivity contribution in [1.29, 1.82) is 0 Å². The molecule has 29 heavy (non-hydrogen) atoms. The van der Waals surface area contributed by atoms with E-state index in [4.69, 9.17) is 23.9 Å². The number of nitrogens with zero attached hydrogens (tertiary/aromatic N) is 2. The first kappa shape index (κ1) is 21.5. The van der Waals surface area contributed by atoms with E-state index < -0.39 is 0 Å². The molecule has 0 radical (unpaired) electrons. The largest absolute Gasteiger partial charge is 0.492 e.